The average Bonchev–Trinajstić information content (AvgIpc) is 1.75. The van der Waals surface area contributed by atoms with Crippen molar-refractivity contribution in [1.29, 1.82) is 0 Å². The number of amides is 1. The number of benzene rings is 2. The maximum Gasteiger partial charge on any atom is 0.494 e. The predicted octanol–water partition coefficient (Wildman–Crippen LogP) is 9.75. The molecule has 0 aliphatic carbocycles. The normalized spacial score (nSPS) is 13.9. The molecular formula is C82H92BBrN16O19. The van der Waals surface area contributed by atoms with Gasteiger partial charge in [0.05, 0.1) is 81.2 Å². The molecule has 0 saturated carbocycles. The van der Waals surface area contributed by atoms with E-state index in [0.717, 1.165) is 89.1 Å². The van der Waals surface area contributed by atoms with Crippen LogP contribution >= 0.6 is 15.9 Å². The van der Waals surface area contributed by atoms with Crippen LogP contribution in [0.3, 0.4) is 0 Å². The van der Waals surface area contributed by atoms with E-state index in [2.05, 4.69) is 76.2 Å². The van der Waals surface area contributed by atoms with E-state index >= 15 is 0 Å². The van der Waals surface area contributed by atoms with Crippen LogP contribution in [0.15, 0.2) is 118 Å². The number of ether oxygens (including phenoxy) is 4. The van der Waals surface area contributed by atoms with E-state index in [1.54, 1.807) is 82.8 Å². The summed E-state index contributed by atoms with van der Waals surface area (Å²) in [5.74, 6) is 1.27. The summed E-state index contributed by atoms with van der Waals surface area (Å²) in [6, 6.07) is 17.4. The summed E-state index contributed by atoms with van der Waals surface area (Å²) >= 11 is 3.22. The highest BCUT2D eigenvalue weighted by atomic mass is 79.9. The third-order valence-corrected chi connectivity index (χ3v) is 20.4. The number of hydrogen-bond acceptors (Lipinski definition) is 29. The first kappa shape index (κ1) is 87.3. The van der Waals surface area contributed by atoms with Crippen LogP contribution in [0, 0.1) is 83.1 Å². The third-order valence-electron chi connectivity index (χ3n) is 20.0. The molecule has 4 saturated heterocycles. The van der Waals surface area contributed by atoms with E-state index in [9.17, 15) is 39.0 Å². The lowest BCUT2D eigenvalue weighted by Gasteiger charge is -2.29. The van der Waals surface area contributed by atoms with Gasteiger partial charge >= 0.3 is 25.0 Å². The van der Waals surface area contributed by atoms with Gasteiger partial charge in [0, 0.05) is 166 Å². The Morgan fingerprint density at radius 1 is 0.420 bits per heavy atom. The lowest BCUT2D eigenvalue weighted by Crippen LogP contribution is -2.38. The number of rotatable bonds is 13. The van der Waals surface area contributed by atoms with Gasteiger partial charge in [0.25, 0.3) is 5.91 Å². The molecule has 119 heavy (non-hydrogen) atoms. The second-order valence-electron chi connectivity index (χ2n) is 28.4. The Morgan fingerprint density at radius 3 is 1.08 bits per heavy atom. The van der Waals surface area contributed by atoms with E-state index in [1.807, 2.05) is 100 Å². The smallest absolute Gasteiger partial charge is 0.478 e. The SMILES string of the molecule is Cc1cc2[nH]c(=O)cc(C)c2cc1N.Cc1cc2[nH]c(=O)cc(C)c2cc1NC(=O)c1cc(-c2c(C)noc2C)cnc1N1CCOCC1.Cc1noc(C)c1-c1cnc(N2CCOCC2)c(C(=O)O)c1.Cc1noc(C)c1-c1cnc(N2CCOCC2)c(C(=O)O)c1.Cc1noc(C)c1B(O)O.O=C(O)c1cc(Br)cnc1N1CCOCC1. The molecule has 10 N–H and O–H groups in total. The first-order valence-electron chi connectivity index (χ1n) is 38.0. The topological polar surface area (TPSA) is 479 Å². The molecule has 10 aromatic heterocycles. The number of carbonyl (C=O) groups is 4. The fourth-order valence-corrected chi connectivity index (χ4v) is 14.3. The Bertz CT molecular complexity index is 5620. The number of aromatic carboxylic acids is 3. The van der Waals surface area contributed by atoms with Crippen LogP contribution in [-0.2, 0) is 18.9 Å². The lowest BCUT2D eigenvalue weighted by atomic mass is 9.79. The van der Waals surface area contributed by atoms with Crippen molar-refractivity contribution in [3.63, 3.8) is 0 Å². The third kappa shape index (κ3) is 21.1. The maximum atomic E-state index is 13.7. The number of aromatic nitrogens is 10. The number of carboxylic acid groups (broad SMARTS) is 3. The highest BCUT2D eigenvalue weighted by Crippen LogP contribution is 2.36. The van der Waals surface area contributed by atoms with Gasteiger partial charge in [0.15, 0.2) is 0 Å². The number of aryl methyl sites for hydroxylation is 12. The molecule has 37 heteroatoms. The van der Waals surface area contributed by atoms with Gasteiger partial charge < -0.3 is 103 Å². The fraction of sp³-hybridized carbons (Fsp3) is 0.341. The second-order valence-corrected chi connectivity index (χ2v) is 29.3. The number of nitrogens with zero attached hydrogens (tertiary/aromatic N) is 12. The van der Waals surface area contributed by atoms with Crippen LogP contribution in [0.5, 0.6) is 0 Å². The summed E-state index contributed by atoms with van der Waals surface area (Å²) in [6.07, 6.45) is 6.71. The van der Waals surface area contributed by atoms with Crippen LogP contribution in [0.4, 0.5) is 34.6 Å². The van der Waals surface area contributed by atoms with Crippen molar-refractivity contribution >= 4 is 109 Å². The van der Waals surface area contributed by atoms with Crippen molar-refractivity contribution in [2.45, 2.75) is 83.1 Å². The highest BCUT2D eigenvalue weighted by Gasteiger charge is 2.29. The number of carboxylic acids is 3. The van der Waals surface area contributed by atoms with Crippen molar-refractivity contribution in [2.75, 3.05) is 136 Å². The molecule has 0 atom stereocenters. The van der Waals surface area contributed by atoms with Crippen LogP contribution < -0.4 is 47.2 Å². The van der Waals surface area contributed by atoms with Gasteiger partial charge in [0.2, 0.25) is 11.1 Å². The molecule has 1 amide bonds. The molecule has 14 heterocycles. The van der Waals surface area contributed by atoms with Gasteiger partial charge in [0.1, 0.15) is 63.0 Å². The zero-order valence-electron chi connectivity index (χ0n) is 67.7. The molecule has 16 rings (SSSR count). The summed E-state index contributed by atoms with van der Waals surface area (Å²) in [4.78, 5) is 102. The number of nitrogen functional groups attached to an aromatic ring is 1. The number of nitrogens with two attached hydrogens (primary N) is 1. The number of morpholine rings is 4. The van der Waals surface area contributed by atoms with E-state index in [4.69, 9.17) is 58.4 Å². The molecule has 2 aromatic carbocycles. The van der Waals surface area contributed by atoms with Crippen molar-refractivity contribution < 1.29 is 81.6 Å². The summed E-state index contributed by atoms with van der Waals surface area (Å²) in [5.41, 5.74) is 20.9. The maximum absolute atomic E-state index is 13.7. The van der Waals surface area contributed by atoms with Gasteiger partial charge in [-0.05, 0) is 170 Å². The Kier molecular flexibility index (Phi) is 28.7. The Labute approximate surface area is 690 Å². The molecule has 0 radical (unpaired) electrons. The molecule has 35 nitrogen and oxygen atoms in total. The number of hydrogen-bond donors (Lipinski definition) is 9. The highest BCUT2D eigenvalue weighted by molar-refractivity contribution is 9.10. The first-order valence-corrected chi connectivity index (χ1v) is 38.8. The Morgan fingerprint density at radius 2 is 0.748 bits per heavy atom. The molecule has 0 unspecified atom stereocenters. The molecule has 0 spiro atoms. The van der Waals surface area contributed by atoms with Crippen LogP contribution in [-0.4, -0.2) is 212 Å². The van der Waals surface area contributed by atoms with Gasteiger partial charge in [-0.3, -0.25) is 14.4 Å². The minimum atomic E-state index is -1.48. The number of halogens is 1. The average molecular weight is 1700 g/mol. The minimum absolute atomic E-state index is 0.0702. The van der Waals surface area contributed by atoms with Crippen LogP contribution in [0.1, 0.15) is 110 Å². The number of H-pyrrole nitrogens is 2. The lowest BCUT2D eigenvalue weighted by molar-refractivity contribution is 0.0685. The molecule has 4 aliphatic heterocycles. The van der Waals surface area contributed by atoms with E-state index in [0.29, 0.717) is 190 Å². The number of pyridine rings is 6. The van der Waals surface area contributed by atoms with Crippen molar-refractivity contribution in [3.05, 3.63) is 201 Å². The molecule has 624 valence electrons. The largest absolute Gasteiger partial charge is 0.494 e. The van der Waals surface area contributed by atoms with Crippen LogP contribution in [0.2, 0.25) is 0 Å². The van der Waals surface area contributed by atoms with E-state index in [1.165, 1.54) is 0 Å². The number of aromatic amines is 2. The Hall–Kier alpha value is -12.5. The van der Waals surface area contributed by atoms with Gasteiger partial charge in [-0.25, -0.2) is 34.3 Å². The van der Waals surface area contributed by atoms with Crippen LogP contribution in [0.25, 0.3) is 55.2 Å². The number of nitrogens with one attached hydrogen (secondary N) is 3. The monoisotopic (exact) mass is 1690 g/mol. The predicted molar refractivity (Wildman–Crippen MR) is 449 cm³/mol. The molecular weight excluding hydrogens is 1600 g/mol. The van der Waals surface area contributed by atoms with E-state index < -0.39 is 25.0 Å². The zero-order valence-corrected chi connectivity index (χ0v) is 69.3. The molecule has 12 aromatic rings. The quantitative estimate of drug-likeness (QED) is 0.0383. The zero-order chi connectivity index (χ0) is 85.6. The fourth-order valence-electron chi connectivity index (χ4n) is 14.0. The first-order chi connectivity index (χ1) is 56.8. The number of carbonyl (C=O) groups excluding carboxylic acids is 1. The standard InChI is InChI=1S/C26H27N5O4.2C15H17N3O4.C11H12N2O.C10H11BrN2O3.C5H8BNO3/c1-14-10-23(32)28-22-9-15(2)21(12-19(14)22)29-26(33)20-11-18(24-16(3)30-35-17(24)4)13-27-25(20)31-5-7-34-8-6-31;2*1-9-13(10(2)22-17-9)11-7-12(15(19)20)14(16-8-11)18-3-5-21-6-4-18;1-6-4-11(14)13-10-3-7(2)9(12)5-8(6)10;11-7-5-8(10(14)15)9(12-6-7)13-1-3-16-4-2-13;1-3-5(6(8)9)4(2)10-7-3/h9-13H,5-8H2,1-4H3,(H,28,32)(H,29,33);2*7-8H,3-6H2,1-2H3,(H,19,20);3-5H,12H2,1-2H3,(H,13,14);5-6H,1-4H2,(H,14,15);8-9H,1-2H3. The Balaban J connectivity index is 0.000000146. The summed E-state index contributed by atoms with van der Waals surface area (Å²) in [6.45, 7) is 31.7. The minimum Gasteiger partial charge on any atom is -0.478 e. The van der Waals surface area contributed by atoms with Gasteiger partial charge in [-0.2, -0.15) is 0 Å². The van der Waals surface area contributed by atoms with Crippen molar-refractivity contribution in [2.24, 2.45) is 0 Å². The summed E-state index contributed by atoms with van der Waals surface area (Å²) < 4.78 is 42.3. The van der Waals surface area contributed by atoms with Gasteiger partial charge in [-0.15, -0.1) is 0 Å². The molecule has 0 bridgehead atoms. The number of fused-ring (bicyclic) bond motifs is 2. The molecule has 4 aliphatic rings. The second kappa shape index (κ2) is 39.2. The van der Waals surface area contributed by atoms with E-state index in [-0.39, 0.29) is 33.7 Å². The van der Waals surface area contributed by atoms with Gasteiger partial charge in [-0.1, -0.05) is 20.6 Å². The van der Waals surface area contributed by atoms with Crippen molar-refractivity contribution in [1.82, 2.24) is 50.5 Å². The number of anilines is 6. The van der Waals surface area contributed by atoms with Crippen molar-refractivity contribution in [3.8, 4) is 33.4 Å². The molecule has 4 fully saturated rings. The summed E-state index contributed by atoms with van der Waals surface area (Å²) in [5, 5.41) is 66.0. The summed E-state index contributed by atoms with van der Waals surface area (Å²) in [7, 11) is -1.48.